The van der Waals surface area contributed by atoms with Crippen LogP contribution in [0.4, 0.5) is 10.1 Å². The lowest BCUT2D eigenvalue weighted by atomic mass is 9.95. The molecule has 4 rings (SSSR count). The molecule has 1 N–H and O–H groups in total. The molecule has 0 aliphatic carbocycles. The van der Waals surface area contributed by atoms with Crippen molar-refractivity contribution in [2.45, 2.75) is 24.9 Å². The second kappa shape index (κ2) is 8.23. The number of piperazine rings is 1. The van der Waals surface area contributed by atoms with Crippen LogP contribution in [0.15, 0.2) is 42.6 Å². The molecule has 2 amide bonds. The first-order valence-electron chi connectivity index (χ1n) is 9.89. The summed E-state index contributed by atoms with van der Waals surface area (Å²) in [5.74, 6) is -1.49. The van der Waals surface area contributed by atoms with Crippen LogP contribution in [0.25, 0.3) is 10.9 Å². The van der Waals surface area contributed by atoms with E-state index in [2.05, 4.69) is 4.98 Å². The van der Waals surface area contributed by atoms with Crippen molar-refractivity contribution < 1.29 is 18.9 Å². The zero-order chi connectivity index (χ0) is 23.2. The number of H-pyrrole nitrogens is 1. The van der Waals surface area contributed by atoms with Crippen LogP contribution in [0.5, 0.6) is 0 Å². The highest BCUT2D eigenvalue weighted by atomic mass is 35.5. The number of nitro groups is 1. The SMILES string of the molecule is CN1C(=O)[C@H](Cc2c[nH]c3ccc(F)c([N+](=O)[O-])c23)N(C)C(=O)[C@@H]1Cc1ccc(Cl)cc1. The number of hydrogen-bond acceptors (Lipinski definition) is 4. The van der Waals surface area contributed by atoms with E-state index in [0.29, 0.717) is 22.5 Å². The predicted molar refractivity (Wildman–Crippen MR) is 117 cm³/mol. The number of nitrogens with zero attached hydrogens (tertiary/aromatic N) is 3. The molecule has 0 radical (unpaired) electrons. The molecule has 3 aromatic rings. The topological polar surface area (TPSA) is 99.5 Å². The Morgan fingerprint density at radius 3 is 2.22 bits per heavy atom. The van der Waals surface area contributed by atoms with Gasteiger partial charge in [0.15, 0.2) is 0 Å². The van der Waals surface area contributed by atoms with Gasteiger partial charge in [0.25, 0.3) is 0 Å². The molecule has 0 saturated carbocycles. The minimum atomic E-state index is -0.956. The third kappa shape index (κ3) is 3.69. The molecule has 10 heteroatoms. The van der Waals surface area contributed by atoms with Crippen molar-refractivity contribution in [1.29, 1.82) is 0 Å². The third-order valence-electron chi connectivity index (χ3n) is 5.99. The fraction of sp³-hybridized carbons (Fsp3) is 0.273. The number of rotatable bonds is 5. The summed E-state index contributed by atoms with van der Waals surface area (Å²) in [5, 5.41) is 12.1. The van der Waals surface area contributed by atoms with E-state index in [4.69, 9.17) is 11.6 Å². The van der Waals surface area contributed by atoms with Crippen molar-refractivity contribution in [1.82, 2.24) is 14.8 Å². The monoisotopic (exact) mass is 458 g/mol. The van der Waals surface area contributed by atoms with E-state index < -0.39 is 28.5 Å². The molecule has 1 aliphatic rings. The average Bonchev–Trinajstić information content (AvgIpc) is 3.16. The standard InChI is InChI=1S/C22H20ClFN4O4/c1-26-17(9-12-3-5-14(23)6-4-12)21(29)27(2)18(22(26)30)10-13-11-25-16-8-7-15(24)20(19(13)16)28(31)32/h3-8,11,17-18,25H,9-10H2,1-2H3/t17-,18-/m0/s1. The van der Waals surface area contributed by atoms with Gasteiger partial charge in [-0.3, -0.25) is 19.7 Å². The second-order valence-electron chi connectivity index (χ2n) is 7.85. The highest BCUT2D eigenvalue weighted by Gasteiger charge is 2.43. The number of aromatic nitrogens is 1. The molecule has 166 valence electrons. The van der Waals surface area contributed by atoms with Crippen LogP contribution in [0, 0.1) is 15.9 Å². The quantitative estimate of drug-likeness (QED) is 0.468. The number of carbonyl (C=O) groups excluding carboxylic acids is 2. The van der Waals surface area contributed by atoms with Crippen LogP contribution in [0.1, 0.15) is 11.1 Å². The van der Waals surface area contributed by atoms with Crippen molar-refractivity contribution in [3.05, 3.63) is 74.7 Å². The van der Waals surface area contributed by atoms with E-state index in [9.17, 15) is 24.1 Å². The Hall–Kier alpha value is -3.46. The van der Waals surface area contributed by atoms with E-state index in [-0.39, 0.29) is 23.6 Å². The maximum absolute atomic E-state index is 14.2. The molecule has 0 bridgehead atoms. The van der Waals surface area contributed by atoms with Gasteiger partial charge in [0.2, 0.25) is 17.6 Å². The van der Waals surface area contributed by atoms with Crippen LogP contribution < -0.4 is 0 Å². The number of hydrogen-bond donors (Lipinski definition) is 1. The van der Waals surface area contributed by atoms with Crippen molar-refractivity contribution in [3.8, 4) is 0 Å². The largest absolute Gasteiger partial charge is 0.361 e. The lowest BCUT2D eigenvalue weighted by Gasteiger charge is -2.42. The highest BCUT2D eigenvalue weighted by molar-refractivity contribution is 6.30. The highest BCUT2D eigenvalue weighted by Crippen LogP contribution is 2.33. The lowest BCUT2D eigenvalue weighted by Crippen LogP contribution is -2.63. The molecule has 2 heterocycles. The van der Waals surface area contributed by atoms with E-state index in [1.165, 1.54) is 29.1 Å². The summed E-state index contributed by atoms with van der Waals surface area (Å²) in [6.45, 7) is 0. The third-order valence-corrected chi connectivity index (χ3v) is 6.24. The van der Waals surface area contributed by atoms with Crippen LogP contribution in [0.2, 0.25) is 5.02 Å². The van der Waals surface area contributed by atoms with Gasteiger partial charge in [-0.25, -0.2) is 0 Å². The Bertz CT molecular complexity index is 1230. The normalized spacial score (nSPS) is 19.1. The molecule has 8 nitrogen and oxygen atoms in total. The Morgan fingerprint density at radius 2 is 1.62 bits per heavy atom. The van der Waals surface area contributed by atoms with E-state index in [1.807, 2.05) is 0 Å². The molecule has 2 atom stereocenters. The summed E-state index contributed by atoms with van der Waals surface area (Å²) < 4.78 is 14.2. The average molecular weight is 459 g/mol. The fourth-order valence-corrected chi connectivity index (χ4v) is 4.32. The summed E-state index contributed by atoms with van der Waals surface area (Å²) in [4.78, 5) is 42.6. The second-order valence-corrected chi connectivity index (χ2v) is 8.29. The van der Waals surface area contributed by atoms with E-state index in [1.54, 1.807) is 31.3 Å². The van der Waals surface area contributed by atoms with Gasteiger partial charge in [0, 0.05) is 38.2 Å². The van der Waals surface area contributed by atoms with Crippen LogP contribution in [0.3, 0.4) is 0 Å². The molecule has 1 aliphatic heterocycles. The first kappa shape index (κ1) is 21.8. The Balaban J connectivity index is 1.63. The summed E-state index contributed by atoms with van der Waals surface area (Å²) >= 11 is 5.92. The number of likely N-dealkylation sites (N-methyl/N-ethyl adjacent to an activating group) is 2. The predicted octanol–water partition coefficient (Wildman–Crippen LogP) is 3.32. The first-order chi connectivity index (χ1) is 15.2. The maximum atomic E-state index is 14.2. The van der Waals surface area contributed by atoms with Crippen molar-refractivity contribution in [2.75, 3.05) is 14.1 Å². The molecule has 0 spiro atoms. The number of carbonyl (C=O) groups is 2. The van der Waals surface area contributed by atoms with Crippen LogP contribution in [-0.2, 0) is 22.4 Å². The number of nitro benzene ring substituents is 1. The lowest BCUT2D eigenvalue weighted by molar-refractivity contribution is -0.385. The number of fused-ring (bicyclic) bond motifs is 1. The molecule has 32 heavy (non-hydrogen) atoms. The molecule has 1 fully saturated rings. The van der Waals surface area contributed by atoms with Gasteiger partial charge in [-0.1, -0.05) is 23.7 Å². The first-order valence-corrected chi connectivity index (χ1v) is 10.3. The summed E-state index contributed by atoms with van der Waals surface area (Å²) in [6.07, 6.45) is 1.87. The molecular weight excluding hydrogens is 439 g/mol. The smallest absolute Gasteiger partial charge is 0.314 e. The van der Waals surface area contributed by atoms with Crippen LogP contribution in [-0.4, -0.2) is 57.7 Å². The zero-order valence-corrected chi connectivity index (χ0v) is 18.1. The summed E-state index contributed by atoms with van der Waals surface area (Å²) in [7, 11) is 3.11. The minimum absolute atomic E-state index is 0.0172. The Labute approximate surface area is 187 Å². The van der Waals surface area contributed by atoms with Gasteiger partial charge in [-0.05, 0) is 35.4 Å². The zero-order valence-electron chi connectivity index (χ0n) is 17.3. The van der Waals surface area contributed by atoms with Gasteiger partial charge in [0.05, 0.1) is 15.8 Å². The maximum Gasteiger partial charge on any atom is 0.314 e. The number of halogens is 2. The summed E-state index contributed by atoms with van der Waals surface area (Å²) in [6, 6.07) is 7.95. The summed E-state index contributed by atoms with van der Waals surface area (Å²) in [5.41, 5.74) is 1.000. The van der Waals surface area contributed by atoms with Crippen LogP contribution >= 0.6 is 11.6 Å². The molecule has 0 unspecified atom stereocenters. The molecule has 1 aromatic heterocycles. The fourth-order valence-electron chi connectivity index (χ4n) is 4.20. The van der Waals surface area contributed by atoms with Gasteiger partial charge >= 0.3 is 5.69 Å². The van der Waals surface area contributed by atoms with Gasteiger partial charge in [0.1, 0.15) is 12.1 Å². The van der Waals surface area contributed by atoms with Gasteiger partial charge in [-0.2, -0.15) is 4.39 Å². The van der Waals surface area contributed by atoms with E-state index >= 15 is 0 Å². The Kier molecular flexibility index (Phi) is 5.60. The number of nitrogens with one attached hydrogen (secondary N) is 1. The molecule has 1 saturated heterocycles. The van der Waals surface area contributed by atoms with Crippen molar-refractivity contribution in [3.63, 3.8) is 0 Å². The molecule has 2 aromatic carbocycles. The number of benzene rings is 2. The van der Waals surface area contributed by atoms with Gasteiger partial charge < -0.3 is 14.8 Å². The Morgan fingerprint density at radius 1 is 1.03 bits per heavy atom. The minimum Gasteiger partial charge on any atom is -0.361 e. The van der Waals surface area contributed by atoms with Crippen molar-refractivity contribution >= 4 is 40.0 Å². The van der Waals surface area contributed by atoms with Crippen molar-refractivity contribution in [2.24, 2.45) is 0 Å². The van der Waals surface area contributed by atoms with Gasteiger partial charge in [-0.15, -0.1) is 0 Å². The number of aromatic amines is 1. The van der Waals surface area contributed by atoms with E-state index in [0.717, 1.165) is 11.6 Å². The number of amides is 2. The molecular formula is C22H20ClFN4O4.